The average Bonchev–Trinajstić information content (AvgIpc) is 1.57. The summed E-state index contributed by atoms with van der Waals surface area (Å²) in [5.74, 6) is -6.93. The van der Waals surface area contributed by atoms with Gasteiger partial charge in [-0.1, -0.05) is 90.9 Å². The number of hydrogen-bond acceptors (Lipinski definition) is 27. The number of likely N-dealkylation sites (tertiary alicyclic amines) is 2. The molecule has 6 aliphatic heterocycles. The number of hydrogen-bond donors (Lipinski definition) is 9. The number of anilines is 1. The van der Waals surface area contributed by atoms with Crippen LogP contribution in [0.15, 0.2) is 84.5 Å². The summed E-state index contributed by atoms with van der Waals surface area (Å²) in [6, 6.07) is 14.7. The molecule has 117 heavy (non-hydrogen) atoms. The Kier molecular flexibility index (Phi) is 31.5. The van der Waals surface area contributed by atoms with E-state index >= 15 is 0 Å². The van der Waals surface area contributed by atoms with Crippen molar-refractivity contribution in [1.82, 2.24) is 41.3 Å². The largest absolute Gasteiger partial charge is 0.495 e. The number of nitrogens with zero attached hydrogens (tertiary/aromatic N) is 4. The number of imide groups is 1. The molecular weight excluding hydrogens is 1570 g/mol. The van der Waals surface area contributed by atoms with Gasteiger partial charge in [0.25, 0.3) is 0 Å². The molecule has 10 amide bonds. The first-order valence-corrected chi connectivity index (χ1v) is 40.2. The Morgan fingerprint density at radius 2 is 1.56 bits per heavy atom. The van der Waals surface area contributed by atoms with Crippen LogP contribution in [0.1, 0.15) is 95.8 Å². The molecule has 0 saturated carbocycles. The van der Waals surface area contributed by atoms with E-state index in [9.17, 15) is 73.2 Å². The number of thioether (sulfide) groups is 1. The van der Waals surface area contributed by atoms with Crippen LogP contribution in [-0.4, -0.2) is 310 Å². The SMILES string of the molecule is COCCOCCNC(=O)C1CC(NC(=O)CCOCCNC(=O)C(C)OC2C(O)C(CO)OC(O)C2NC(=O)CN2C(=O)CC(SCCC(=O)N(C)[C@@H](C)C(=O)OC3CC(=O)N(C)c4cc(cc(OC)c4Cl)C/C(C)=C/C=C/[C@@H](OC)[C@@]4(O)C[C@H](OC(=O)N4)[C@@H](C)[C@@H]4O[C@@]34C)C2=O)CN1C(=O)OCC1c2ccccc2-c2ccccc21. The minimum Gasteiger partial charge on any atom is -0.495 e. The number of fused-ring (bicyclic) bond motifs is 8. The molecule has 3 aromatic rings. The summed E-state index contributed by atoms with van der Waals surface area (Å²) in [7, 11) is 7.22. The van der Waals surface area contributed by atoms with E-state index in [1.165, 1.54) is 52.0 Å². The molecule has 0 aromatic heterocycles. The maximum atomic E-state index is 14.5. The Bertz CT molecular complexity index is 4130. The second-order valence-corrected chi connectivity index (χ2v) is 31.8. The highest BCUT2D eigenvalue weighted by molar-refractivity contribution is 8.00. The predicted molar refractivity (Wildman–Crippen MR) is 420 cm³/mol. The van der Waals surface area contributed by atoms with E-state index in [2.05, 4.69) is 26.6 Å². The number of halogens is 1. The number of epoxide rings is 1. The van der Waals surface area contributed by atoms with Crippen molar-refractivity contribution in [2.75, 3.05) is 119 Å². The summed E-state index contributed by atoms with van der Waals surface area (Å²) in [4.78, 5) is 155. The molecule has 3 aromatic carbocycles. The number of benzene rings is 3. The number of amides is 10. The summed E-state index contributed by atoms with van der Waals surface area (Å²) in [6.07, 6.45) is -9.85. The smallest absolute Gasteiger partial charge is 0.410 e. The Balaban J connectivity index is 0.674. The Labute approximate surface area is 686 Å². The monoisotopic (exact) mass is 1680 g/mol. The van der Waals surface area contributed by atoms with E-state index in [0.29, 0.717) is 24.5 Å². The van der Waals surface area contributed by atoms with Crippen LogP contribution >= 0.6 is 23.4 Å². The van der Waals surface area contributed by atoms with Crippen molar-refractivity contribution in [2.45, 2.75) is 181 Å². The summed E-state index contributed by atoms with van der Waals surface area (Å²) in [6.45, 7) is 7.01. The molecule has 5 fully saturated rings. The van der Waals surface area contributed by atoms with Crippen molar-refractivity contribution >= 4 is 94.5 Å². The average molecular weight is 1680 g/mol. The zero-order chi connectivity index (χ0) is 84.7. The van der Waals surface area contributed by atoms with E-state index in [1.54, 1.807) is 45.2 Å². The number of nitrogens with one attached hydrogen (secondary N) is 5. The lowest BCUT2D eigenvalue weighted by atomic mass is 9.83. The van der Waals surface area contributed by atoms with Crippen LogP contribution in [0, 0.1) is 5.92 Å². The number of aliphatic hydroxyl groups is 4. The molecular formula is C80H106ClN9O26S. The highest BCUT2D eigenvalue weighted by Gasteiger charge is 2.65. The molecule has 0 spiro atoms. The molecule has 4 bridgehead atoms. The summed E-state index contributed by atoms with van der Waals surface area (Å²) >= 11 is 7.80. The fourth-order valence-corrected chi connectivity index (χ4v) is 16.8. The maximum Gasteiger partial charge on any atom is 0.410 e. The predicted octanol–water partition coefficient (Wildman–Crippen LogP) is 1.90. The Hall–Kier alpha value is -8.89. The zero-order valence-electron chi connectivity index (χ0n) is 67.0. The van der Waals surface area contributed by atoms with Gasteiger partial charge in [0.1, 0.15) is 90.4 Å². The molecule has 7 aliphatic rings. The number of likely N-dealkylation sites (N-methyl/N-ethyl adjacent to an activating group) is 1. The minimum absolute atomic E-state index is 0.0146. The lowest BCUT2D eigenvalue weighted by Crippen LogP contribution is -2.66. The molecule has 5 saturated heterocycles. The van der Waals surface area contributed by atoms with Gasteiger partial charge in [-0.2, -0.15) is 0 Å². The molecule has 640 valence electrons. The molecule has 10 rings (SSSR count). The molecule has 1 aliphatic carbocycles. The fraction of sp³-hybridized carbons (Fsp3) is 0.588. The van der Waals surface area contributed by atoms with Gasteiger partial charge in [-0.3, -0.25) is 53.5 Å². The van der Waals surface area contributed by atoms with Gasteiger partial charge in [0, 0.05) is 97.3 Å². The maximum absolute atomic E-state index is 14.5. The fourth-order valence-electron chi connectivity index (χ4n) is 15.3. The van der Waals surface area contributed by atoms with Gasteiger partial charge in [0.15, 0.2) is 12.0 Å². The van der Waals surface area contributed by atoms with Crippen molar-refractivity contribution in [2.24, 2.45) is 5.92 Å². The van der Waals surface area contributed by atoms with Gasteiger partial charge in [0.05, 0.1) is 70.2 Å². The van der Waals surface area contributed by atoms with Crippen LogP contribution in [-0.2, 0) is 96.9 Å². The highest BCUT2D eigenvalue weighted by atomic mass is 35.5. The van der Waals surface area contributed by atoms with E-state index in [1.807, 2.05) is 61.5 Å². The number of carbonyl (C=O) groups is 11. The second kappa shape index (κ2) is 40.7. The molecule has 17 atom stereocenters. The number of methoxy groups -OCH3 is 3. The van der Waals surface area contributed by atoms with Gasteiger partial charge >= 0.3 is 18.2 Å². The number of carbonyl (C=O) groups excluding carboxylic acids is 11. The van der Waals surface area contributed by atoms with Crippen molar-refractivity contribution in [3.63, 3.8) is 0 Å². The summed E-state index contributed by atoms with van der Waals surface area (Å²) < 4.78 is 62.9. The topological polar surface area (TPSA) is 447 Å². The summed E-state index contributed by atoms with van der Waals surface area (Å²) in [5.41, 5.74) is 2.63. The molecule has 10 unspecified atom stereocenters. The van der Waals surface area contributed by atoms with Crippen LogP contribution in [0.2, 0.25) is 5.02 Å². The van der Waals surface area contributed by atoms with Crippen LogP contribution < -0.4 is 36.2 Å². The van der Waals surface area contributed by atoms with Gasteiger partial charge in [-0.05, 0) is 80.5 Å². The molecule has 9 N–H and O–H groups in total. The summed E-state index contributed by atoms with van der Waals surface area (Å²) in [5, 5.41) is 56.7. The number of aliphatic hydroxyl groups excluding tert-OH is 3. The van der Waals surface area contributed by atoms with Gasteiger partial charge < -0.3 is 104 Å². The first kappa shape index (κ1) is 90.4. The Morgan fingerprint density at radius 3 is 2.25 bits per heavy atom. The van der Waals surface area contributed by atoms with Crippen LogP contribution in [0.4, 0.5) is 15.3 Å². The van der Waals surface area contributed by atoms with Crippen molar-refractivity contribution < 1.29 is 125 Å². The van der Waals surface area contributed by atoms with Gasteiger partial charge in [0.2, 0.25) is 47.3 Å². The highest BCUT2D eigenvalue weighted by Crippen LogP contribution is 2.50. The van der Waals surface area contributed by atoms with Crippen molar-refractivity contribution in [3.8, 4) is 16.9 Å². The zero-order valence-corrected chi connectivity index (χ0v) is 68.6. The number of allylic oxidation sites excluding steroid dienone is 3. The first-order valence-electron chi connectivity index (χ1n) is 38.8. The lowest BCUT2D eigenvalue weighted by molar-refractivity contribution is -0.266. The third-order valence-electron chi connectivity index (χ3n) is 22.1. The number of alkyl carbamates (subject to hydrolysis) is 1. The Morgan fingerprint density at radius 1 is 0.872 bits per heavy atom. The van der Waals surface area contributed by atoms with Crippen LogP contribution in [0.3, 0.4) is 0 Å². The van der Waals surface area contributed by atoms with E-state index in [0.717, 1.165) is 50.1 Å². The molecule has 35 nitrogen and oxygen atoms in total. The number of esters is 1. The van der Waals surface area contributed by atoms with Gasteiger partial charge in [-0.15, -0.1) is 11.8 Å². The lowest BCUT2D eigenvalue weighted by Gasteiger charge is -2.43. The second-order valence-electron chi connectivity index (χ2n) is 30.1. The van der Waals surface area contributed by atoms with Crippen molar-refractivity contribution in [3.05, 3.63) is 106 Å². The van der Waals surface area contributed by atoms with E-state index in [4.69, 9.17) is 63.7 Å². The normalized spacial score (nSPS) is 28.3. The minimum atomic E-state index is -1.96. The molecule has 37 heteroatoms. The standard InChI is InChI=1S/C80H106ClN9O26S/c1-43-16-15-21-60(108-10)80(105)38-57(114-77(103)86-80)44(2)71-79(5,116-71)61(37-65(95)88(7)54-33-47(32-43)34-56(107-9)67(54)81)115-75(101)45(3)87(6)64(94)23-31-117-59-36-66(96)90(74(59)100)40-63(93)85-68-70(69(97)58(41-91)113-76(68)102)112-46(4)72(98)82-24-27-109-26-22-62(92)84-48-35-55(73(99)83-25-28-110-30-29-106-8)89(39-48)78(104)111-42-53-51-19-13-11-17-49(51)50-18-12-14-20-52(50)53/h11-21,33-34,44-46,48,53,55,57-61,68-71,76,91,97,102,105H,22-32,35-42H2,1-10H3,(H,82,98)(H,83,99)(H,84,92)(H,85,93)(H,86,103)/b21-15+,43-16+/t44-,45+,46?,48?,55?,57+,58?,59?,60-,61?,68?,69?,70?,71+,76?,79+,80+/m1/s1. The molecule has 6 heterocycles. The number of ether oxygens (including phenoxy) is 11. The van der Waals surface area contributed by atoms with Crippen LogP contribution in [0.5, 0.6) is 5.75 Å². The van der Waals surface area contributed by atoms with Crippen LogP contribution in [0.25, 0.3) is 11.1 Å². The van der Waals surface area contributed by atoms with E-state index < -0.39 is 187 Å². The van der Waals surface area contributed by atoms with Crippen molar-refractivity contribution in [1.29, 1.82) is 0 Å². The number of rotatable bonds is 32. The van der Waals surface area contributed by atoms with E-state index in [-0.39, 0.29) is 106 Å². The first-order chi connectivity index (χ1) is 55.8. The van der Waals surface area contributed by atoms with Gasteiger partial charge in [-0.25, -0.2) is 14.4 Å². The third kappa shape index (κ3) is 22.0. The third-order valence-corrected chi connectivity index (χ3v) is 23.7. The quantitative estimate of drug-likeness (QED) is 0.0142. The molecule has 0 radical (unpaired) electrons.